The maximum atomic E-state index is 12.4. The van der Waals surface area contributed by atoms with E-state index >= 15 is 0 Å². The monoisotopic (exact) mass is 354 g/mol. The van der Waals surface area contributed by atoms with Crippen LogP contribution in [0.15, 0.2) is 12.7 Å². The third-order valence-electron chi connectivity index (χ3n) is 6.75. The van der Waals surface area contributed by atoms with Gasteiger partial charge in [-0.3, -0.25) is 10.1 Å². The number of aliphatic hydroxyl groups is 1. The Hall–Kier alpha value is -0.750. The smallest absolute Gasteiger partial charge is 0.167 e. The Bertz CT molecular complexity index is 526. The molecule has 2 saturated heterocycles. The van der Waals surface area contributed by atoms with E-state index in [-0.39, 0.29) is 28.8 Å². The van der Waals surface area contributed by atoms with Crippen molar-refractivity contribution in [3.05, 3.63) is 12.7 Å². The van der Waals surface area contributed by atoms with E-state index in [1.165, 1.54) is 0 Å². The minimum atomic E-state index is -1.18. The molecule has 0 spiro atoms. The average molecular weight is 354 g/mol. The van der Waals surface area contributed by atoms with Crippen LogP contribution in [0.1, 0.15) is 73.1 Å². The molecule has 0 saturated carbocycles. The summed E-state index contributed by atoms with van der Waals surface area (Å²) >= 11 is 0. The van der Waals surface area contributed by atoms with Crippen molar-refractivity contribution < 1.29 is 24.8 Å². The summed E-state index contributed by atoms with van der Waals surface area (Å²) in [6, 6.07) is 0. The van der Waals surface area contributed by atoms with E-state index in [1.54, 1.807) is 26.8 Å². The topological polar surface area (TPSA) is 76.0 Å². The number of hydrogen-bond donors (Lipinski definition) is 2. The molecule has 2 fully saturated rings. The number of rotatable bonds is 9. The first-order chi connectivity index (χ1) is 11.4. The lowest BCUT2D eigenvalue weighted by atomic mass is 9.59. The summed E-state index contributed by atoms with van der Waals surface area (Å²) < 4.78 is 6.33. The number of ether oxygens (including phenoxy) is 1. The fraction of sp³-hybridized carbons (Fsp3) is 0.850. The number of fused-ring (bicyclic) bond motifs is 2. The first-order valence-electron chi connectivity index (χ1n) is 9.30. The zero-order chi connectivity index (χ0) is 19.1. The molecule has 0 aromatic rings. The highest BCUT2D eigenvalue weighted by molar-refractivity contribution is 5.86. The van der Waals surface area contributed by atoms with Crippen LogP contribution >= 0.6 is 0 Å². The summed E-state index contributed by atoms with van der Waals surface area (Å²) in [5, 5.41) is 19.2. The molecule has 144 valence electrons. The van der Waals surface area contributed by atoms with Crippen molar-refractivity contribution in [1.29, 1.82) is 0 Å². The molecule has 2 bridgehead atoms. The second-order valence-electron chi connectivity index (χ2n) is 9.14. The molecule has 2 unspecified atom stereocenters. The van der Waals surface area contributed by atoms with E-state index in [9.17, 15) is 9.90 Å². The van der Waals surface area contributed by atoms with E-state index in [0.29, 0.717) is 19.3 Å². The van der Waals surface area contributed by atoms with Gasteiger partial charge in [0.1, 0.15) is 0 Å². The largest absolute Gasteiger partial charge is 0.386 e. The zero-order valence-corrected chi connectivity index (χ0v) is 16.3. The van der Waals surface area contributed by atoms with Crippen LogP contribution in [-0.4, -0.2) is 39.1 Å². The van der Waals surface area contributed by atoms with Crippen LogP contribution < -0.4 is 0 Å². The van der Waals surface area contributed by atoms with Gasteiger partial charge in [-0.1, -0.05) is 13.0 Å². The SMILES string of the molecule is C=C[C@@](C)(O)CCC1[C@](C)(CCC(=O)C(C)(C)OO)C2CC[C@@]1(C)O2. The zero-order valence-electron chi connectivity index (χ0n) is 16.3. The van der Waals surface area contributed by atoms with Gasteiger partial charge in [-0.25, -0.2) is 4.89 Å². The fourth-order valence-corrected chi connectivity index (χ4v) is 4.75. The molecule has 2 rings (SSSR count). The lowest BCUT2D eigenvalue weighted by Crippen LogP contribution is -2.44. The van der Waals surface area contributed by atoms with Gasteiger partial charge in [0.15, 0.2) is 11.4 Å². The van der Waals surface area contributed by atoms with Gasteiger partial charge in [-0.2, -0.15) is 0 Å². The van der Waals surface area contributed by atoms with Crippen molar-refractivity contribution in [3.8, 4) is 0 Å². The van der Waals surface area contributed by atoms with Gasteiger partial charge in [0, 0.05) is 6.42 Å². The van der Waals surface area contributed by atoms with Crippen molar-refractivity contribution in [2.24, 2.45) is 11.3 Å². The Morgan fingerprint density at radius 2 is 2.04 bits per heavy atom. The lowest BCUT2D eigenvalue weighted by Gasteiger charge is -2.43. The minimum absolute atomic E-state index is 0.110. The number of ketones is 1. The standard InChI is InChI=1S/C20H34O5/c1-7-18(4,22)11-8-14-19(5,16-10-13-20(14,6)24-16)12-9-15(21)17(2,3)25-23/h7,14,16,22-23H,1,8-13H2,2-6H3/t14?,16?,18-,19+,20-/m1/s1. The van der Waals surface area contributed by atoms with Crippen LogP contribution in [0, 0.1) is 11.3 Å². The molecule has 0 aliphatic carbocycles. The van der Waals surface area contributed by atoms with Gasteiger partial charge in [0.2, 0.25) is 0 Å². The highest BCUT2D eigenvalue weighted by Crippen LogP contribution is 2.61. The molecule has 5 atom stereocenters. The molecule has 2 heterocycles. The van der Waals surface area contributed by atoms with Crippen LogP contribution in [0.25, 0.3) is 0 Å². The van der Waals surface area contributed by atoms with Gasteiger partial charge in [0.05, 0.1) is 17.3 Å². The third kappa shape index (κ3) is 3.85. The summed E-state index contributed by atoms with van der Waals surface area (Å²) in [7, 11) is 0. The average Bonchev–Trinajstić information content (AvgIpc) is 3.04. The Kier molecular flexibility index (Phi) is 5.56. The van der Waals surface area contributed by atoms with Gasteiger partial charge < -0.3 is 9.84 Å². The first-order valence-corrected chi connectivity index (χ1v) is 9.30. The van der Waals surface area contributed by atoms with Crippen LogP contribution in [0.3, 0.4) is 0 Å². The Morgan fingerprint density at radius 1 is 1.40 bits per heavy atom. The molecule has 0 amide bonds. The van der Waals surface area contributed by atoms with Crippen LogP contribution in [0.5, 0.6) is 0 Å². The molecule has 25 heavy (non-hydrogen) atoms. The molecule has 5 nitrogen and oxygen atoms in total. The van der Waals surface area contributed by atoms with Crippen molar-refractivity contribution in [2.45, 2.75) is 96.1 Å². The molecule has 2 N–H and O–H groups in total. The van der Waals surface area contributed by atoms with E-state index in [4.69, 9.17) is 9.99 Å². The molecule has 0 aromatic carbocycles. The quantitative estimate of drug-likeness (QED) is 0.373. The molecule has 2 aliphatic heterocycles. The number of hydrogen-bond acceptors (Lipinski definition) is 5. The minimum Gasteiger partial charge on any atom is -0.386 e. The van der Waals surface area contributed by atoms with Crippen molar-refractivity contribution in [1.82, 2.24) is 0 Å². The molecule has 0 aromatic heterocycles. The molecule has 5 heteroatoms. The van der Waals surface area contributed by atoms with Gasteiger partial charge >= 0.3 is 0 Å². The number of carbonyl (C=O) groups is 1. The van der Waals surface area contributed by atoms with Crippen LogP contribution in [0.4, 0.5) is 0 Å². The van der Waals surface area contributed by atoms with Crippen molar-refractivity contribution >= 4 is 5.78 Å². The van der Waals surface area contributed by atoms with Gasteiger partial charge in [0.25, 0.3) is 0 Å². The maximum Gasteiger partial charge on any atom is 0.167 e. The van der Waals surface area contributed by atoms with Crippen LogP contribution in [0.2, 0.25) is 0 Å². The number of carbonyl (C=O) groups excluding carboxylic acids is 1. The van der Waals surface area contributed by atoms with E-state index in [0.717, 1.165) is 19.3 Å². The van der Waals surface area contributed by atoms with E-state index in [1.807, 2.05) is 0 Å². The van der Waals surface area contributed by atoms with Gasteiger partial charge in [-0.15, -0.1) is 6.58 Å². The fourth-order valence-electron chi connectivity index (χ4n) is 4.75. The normalized spacial score (nSPS) is 37.1. The summed E-state index contributed by atoms with van der Waals surface area (Å²) in [6.45, 7) is 13.0. The van der Waals surface area contributed by atoms with E-state index < -0.39 is 11.2 Å². The summed E-state index contributed by atoms with van der Waals surface area (Å²) in [5.41, 5.74) is -2.38. The lowest BCUT2D eigenvalue weighted by molar-refractivity contribution is -0.301. The second-order valence-corrected chi connectivity index (χ2v) is 9.14. The Labute approximate surface area is 151 Å². The second kappa shape index (κ2) is 6.76. The Balaban J connectivity index is 2.12. The van der Waals surface area contributed by atoms with E-state index in [2.05, 4.69) is 25.3 Å². The molecule has 2 aliphatic rings. The van der Waals surface area contributed by atoms with Gasteiger partial charge in [-0.05, 0) is 71.1 Å². The Morgan fingerprint density at radius 3 is 2.60 bits per heavy atom. The third-order valence-corrected chi connectivity index (χ3v) is 6.75. The molecular formula is C20H34O5. The van der Waals surface area contributed by atoms with Crippen LogP contribution in [-0.2, 0) is 14.4 Å². The first kappa shape index (κ1) is 20.6. The highest BCUT2D eigenvalue weighted by atomic mass is 17.1. The van der Waals surface area contributed by atoms with Crippen molar-refractivity contribution in [2.75, 3.05) is 0 Å². The number of Topliss-reactive ketones (excluding diaryl/α,β-unsaturated/α-hetero) is 1. The summed E-state index contributed by atoms with van der Waals surface area (Å²) in [5.74, 6) is 0.164. The predicted octanol–water partition coefficient (Wildman–Crippen LogP) is 3.89. The van der Waals surface area contributed by atoms with Crippen molar-refractivity contribution in [3.63, 3.8) is 0 Å². The maximum absolute atomic E-state index is 12.4. The summed E-state index contributed by atoms with van der Waals surface area (Å²) in [6.07, 6.45) is 6.25. The molecule has 0 radical (unpaired) electrons. The predicted molar refractivity (Wildman–Crippen MR) is 96.2 cm³/mol. The molecular weight excluding hydrogens is 320 g/mol. The highest BCUT2D eigenvalue weighted by Gasteiger charge is 2.62. The summed E-state index contributed by atoms with van der Waals surface area (Å²) in [4.78, 5) is 16.7.